The van der Waals surface area contributed by atoms with Crippen LogP contribution in [0.3, 0.4) is 0 Å². The highest BCUT2D eigenvalue weighted by atomic mass is 16.3. The molecule has 4 heteroatoms. The molecule has 0 aromatic heterocycles. The van der Waals surface area contributed by atoms with Crippen LogP contribution in [0.1, 0.15) is 13.8 Å². The van der Waals surface area contributed by atoms with Crippen LogP contribution < -0.4 is 15.1 Å². The van der Waals surface area contributed by atoms with Crippen molar-refractivity contribution in [3.8, 4) is 5.75 Å². The number of nitrogens with one attached hydrogen (secondary N) is 1. The third-order valence-corrected chi connectivity index (χ3v) is 4.86. The molecule has 0 bridgehead atoms. The van der Waals surface area contributed by atoms with Crippen molar-refractivity contribution in [2.75, 3.05) is 28.2 Å². The first-order valence-electron chi connectivity index (χ1n) is 9.05. The Morgan fingerprint density at radius 2 is 1.50 bits per heavy atom. The molecule has 1 aliphatic rings. The van der Waals surface area contributed by atoms with E-state index < -0.39 is 0 Å². The summed E-state index contributed by atoms with van der Waals surface area (Å²) in [6.45, 7) is 6.27. The van der Waals surface area contributed by atoms with Crippen molar-refractivity contribution >= 4 is 34.1 Å². The van der Waals surface area contributed by atoms with Gasteiger partial charge in [-0.1, -0.05) is 18.2 Å². The molecule has 0 amide bonds. The molecule has 0 radical (unpaired) electrons. The quantitative estimate of drug-likeness (QED) is 0.461. The summed E-state index contributed by atoms with van der Waals surface area (Å²) in [5.74, 6) is 0.259. The van der Waals surface area contributed by atoms with Gasteiger partial charge in [-0.15, -0.1) is 0 Å². The van der Waals surface area contributed by atoms with Crippen molar-refractivity contribution in [2.45, 2.75) is 13.8 Å². The Bertz CT molecular complexity index is 920. The molecule has 0 saturated carbocycles. The lowest BCUT2D eigenvalue weighted by Gasteiger charge is -2.35. The molecule has 3 aromatic rings. The van der Waals surface area contributed by atoms with Gasteiger partial charge in [0.05, 0.1) is 22.7 Å². The fourth-order valence-electron chi connectivity index (χ4n) is 3.54. The van der Waals surface area contributed by atoms with Gasteiger partial charge in [0, 0.05) is 30.5 Å². The molecule has 3 aromatic carbocycles. The van der Waals surface area contributed by atoms with Gasteiger partial charge in [0.25, 0.3) is 0 Å². The lowest BCUT2D eigenvalue weighted by molar-refractivity contribution is 0.475. The Morgan fingerprint density at radius 1 is 0.846 bits per heavy atom. The van der Waals surface area contributed by atoms with E-state index in [1.54, 1.807) is 6.07 Å². The number of benzene rings is 3. The van der Waals surface area contributed by atoms with E-state index in [9.17, 15) is 5.11 Å². The average Bonchev–Trinajstić information content (AvgIpc) is 2.68. The largest absolute Gasteiger partial charge is 0.508 e. The van der Waals surface area contributed by atoms with Gasteiger partial charge in [-0.2, -0.15) is 0 Å². The topological polar surface area (TPSA) is 38.7 Å². The van der Waals surface area contributed by atoms with Gasteiger partial charge in [-0.05, 0) is 56.3 Å². The number of hydrogen-bond acceptors (Lipinski definition) is 4. The van der Waals surface area contributed by atoms with Crippen molar-refractivity contribution in [3.63, 3.8) is 0 Å². The summed E-state index contributed by atoms with van der Waals surface area (Å²) < 4.78 is 0. The number of phenols is 1. The maximum absolute atomic E-state index is 10.1. The molecule has 0 saturated heterocycles. The monoisotopic (exact) mass is 345 g/mol. The van der Waals surface area contributed by atoms with Crippen LogP contribution in [0.15, 0.2) is 66.7 Å². The van der Waals surface area contributed by atoms with Crippen molar-refractivity contribution in [1.29, 1.82) is 0 Å². The molecule has 4 nitrogen and oxygen atoms in total. The van der Waals surface area contributed by atoms with Gasteiger partial charge < -0.3 is 20.2 Å². The second kappa shape index (κ2) is 6.64. The fraction of sp³-hybridized carbons (Fsp3) is 0.182. The van der Waals surface area contributed by atoms with Crippen molar-refractivity contribution in [1.82, 2.24) is 0 Å². The zero-order valence-corrected chi connectivity index (χ0v) is 15.1. The summed E-state index contributed by atoms with van der Waals surface area (Å²) >= 11 is 0. The van der Waals surface area contributed by atoms with Gasteiger partial charge in [0.1, 0.15) is 5.75 Å². The van der Waals surface area contributed by atoms with Gasteiger partial charge in [-0.25, -0.2) is 0 Å². The molecular formula is C22H23N3O. The highest BCUT2D eigenvalue weighted by molar-refractivity contribution is 5.98. The smallest absolute Gasteiger partial charge is 0.117 e. The van der Waals surface area contributed by atoms with Crippen LogP contribution in [-0.4, -0.2) is 18.2 Å². The minimum atomic E-state index is 0.259. The Labute approximate surface area is 154 Å². The van der Waals surface area contributed by atoms with Crippen LogP contribution in [-0.2, 0) is 0 Å². The lowest BCUT2D eigenvalue weighted by atomic mass is 10.1. The normalized spacial score (nSPS) is 12.2. The lowest BCUT2D eigenvalue weighted by Crippen LogP contribution is -2.23. The third kappa shape index (κ3) is 2.73. The molecule has 0 unspecified atom stereocenters. The summed E-state index contributed by atoms with van der Waals surface area (Å²) in [5.41, 5.74) is 6.33. The molecular weight excluding hydrogens is 322 g/mol. The second-order valence-electron chi connectivity index (χ2n) is 6.37. The van der Waals surface area contributed by atoms with Gasteiger partial charge in [0.2, 0.25) is 0 Å². The van der Waals surface area contributed by atoms with Crippen molar-refractivity contribution < 1.29 is 5.11 Å². The third-order valence-electron chi connectivity index (χ3n) is 4.86. The molecule has 132 valence electrons. The number of aromatic hydroxyl groups is 1. The average molecular weight is 345 g/mol. The molecule has 26 heavy (non-hydrogen) atoms. The Kier molecular flexibility index (Phi) is 4.17. The summed E-state index contributed by atoms with van der Waals surface area (Å²) in [7, 11) is 0. The van der Waals surface area contributed by atoms with Crippen LogP contribution in [0.25, 0.3) is 0 Å². The number of phenolic OH excluding ortho intramolecular Hbond substituents is 1. The molecule has 4 rings (SSSR count). The second-order valence-corrected chi connectivity index (χ2v) is 6.37. The summed E-state index contributed by atoms with van der Waals surface area (Å²) in [5, 5.41) is 13.6. The van der Waals surface area contributed by atoms with Crippen LogP contribution >= 0.6 is 0 Å². The first kappa shape index (κ1) is 16.3. The first-order valence-corrected chi connectivity index (χ1v) is 9.05. The van der Waals surface area contributed by atoms with E-state index in [0.29, 0.717) is 0 Å². The number of hydrogen-bond donors (Lipinski definition) is 2. The zero-order valence-electron chi connectivity index (χ0n) is 15.1. The zero-order chi connectivity index (χ0) is 18.1. The van der Waals surface area contributed by atoms with Crippen LogP contribution in [0, 0.1) is 0 Å². The Morgan fingerprint density at radius 3 is 2.19 bits per heavy atom. The molecule has 1 heterocycles. The number of para-hydroxylation sites is 1. The van der Waals surface area contributed by atoms with Crippen molar-refractivity contribution in [2.24, 2.45) is 0 Å². The molecule has 0 spiro atoms. The highest BCUT2D eigenvalue weighted by Crippen LogP contribution is 2.49. The number of fused-ring (bicyclic) bond motifs is 2. The first-order chi connectivity index (χ1) is 12.7. The van der Waals surface area contributed by atoms with Crippen LogP contribution in [0.5, 0.6) is 5.75 Å². The van der Waals surface area contributed by atoms with Gasteiger partial charge in [-0.3, -0.25) is 0 Å². The van der Waals surface area contributed by atoms with Gasteiger partial charge in [0.15, 0.2) is 0 Å². The van der Waals surface area contributed by atoms with E-state index >= 15 is 0 Å². The van der Waals surface area contributed by atoms with E-state index in [1.807, 2.05) is 30.3 Å². The number of anilines is 6. The molecule has 1 aliphatic heterocycles. The highest BCUT2D eigenvalue weighted by Gasteiger charge is 2.25. The standard InChI is InChI=1S/C22H23N3O/c1-3-24(4-2)17-10-12-19-21(14-17)25(16-8-6-5-7-9-16)22-15-18(26)11-13-20(22)23-19/h5-15,23,26H,3-4H2,1-2H3. The van der Waals surface area contributed by atoms with Crippen LogP contribution in [0.4, 0.5) is 34.1 Å². The fourth-order valence-corrected chi connectivity index (χ4v) is 3.54. The molecule has 0 fully saturated rings. The number of nitrogens with zero attached hydrogens (tertiary/aromatic N) is 2. The Hall–Kier alpha value is -3.14. The van der Waals surface area contributed by atoms with E-state index in [0.717, 1.165) is 41.5 Å². The summed E-state index contributed by atoms with van der Waals surface area (Å²) in [6, 6.07) is 22.2. The Balaban J connectivity index is 1.91. The minimum Gasteiger partial charge on any atom is -0.508 e. The maximum Gasteiger partial charge on any atom is 0.117 e. The predicted molar refractivity (Wildman–Crippen MR) is 110 cm³/mol. The summed E-state index contributed by atoms with van der Waals surface area (Å²) in [4.78, 5) is 4.54. The van der Waals surface area contributed by atoms with Crippen LogP contribution in [0.2, 0.25) is 0 Å². The molecule has 2 N–H and O–H groups in total. The van der Waals surface area contributed by atoms with Crippen molar-refractivity contribution in [3.05, 3.63) is 66.7 Å². The predicted octanol–water partition coefficient (Wildman–Crippen LogP) is 5.77. The van der Waals surface area contributed by atoms with E-state index in [4.69, 9.17) is 0 Å². The van der Waals surface area contributed by atoms with E-state index in [2.05, 4.69) is 59.3 Å². The SMILES string of the molecule is CCN(CC)c1ccc2c(c1)N(c1ccccc1)c1cc(O)ccc1N2. The summed E-state index contributed by atoms with van der Waals surface area (Å²) in [6.07, 6.45) is 0. The van der Waals surface area contributed by atoms with E-state index in [-0.39, 0.29) is 5.75 Å². The van der Waals surface area contributed by atoms with Gasteiger partial charge >= 0.3 is 0 Å². The molecule has 0 aliphatic carbocycles. The minimum absolute atomic E-state index is 0.259. The molecule has 0 atom stereocenters. The van der Waals surface area contributed by atoms with E-state index in [1.165, 1.54) is 5.69 Å². The maximum atomic E-state index is 10.1. The number of rotatable bonds is 4.